The van der Waals surface area contributed by atoms with Crippen LogP contribution < -0.4 is 10.9 Å². The third-order valence-corrected chi connectivity index (χ3v) is 5.57. The van der Waals surface area contributed by atoms with Crippen LogP contribution in [0.25, 0.3) is 11.2 Å². The third kappa shape index (κ3) is 4.63. The minimum Gasteiger partial charge on any atom is -0.317 e. The smallest absolute Gasteiger partial charge is 0.317 e. The van der Waals surface area contributed by atoms with Gasteiger partial charge in [-0.1, -0.05) is 32.0 Å². The zero-order valence-electron chi connectivity index (χ0n) is 18.0. The van der Waals surface area contributed by atoms with E-state index in [2.05, 4.69) is 15.3 Å². The van der Waals surface area contributed by atoms with Crippen LogP contribution in [0, 0.1) is 6.92 Å². The van der Waals surface area contributed by atoms with Gasteiger partial charge in [-0.2, -0.15) is 13.2 Å². The summed E-state index contributed by atoms with van der Waals surface area (Å²) < 4.78 is 41.8. The standard InChI is InChI=1S/C21H21F3N4O.C2H6/c1-13-17(14-6-8-25-9-7-14)20(29)28(19-18(13)26-10-11-27-19)12-15-4-2-3-5-16(15)21(22,23)24;1-2/h2-5,10-11,14,25H,6-9,12H2,1H3;1-2H3. The van der Waals surface area contributed by atoms with E-state index in [1.54, 1.807) is 12.3 Å². The van der Waals surface area contributed by atoms with Gasteiger partial charge in [-0.15, -0.1) is 0 Å². The molecule has 0 saturated carbocycles. The Balaban J connectivity index is 0.00000132. The van der Waals surface area contributed by atoms with E-state index in [1.807, 2.05) is 20.8 Å². The van der Waals surface area contributed by atoms with Gasteiger partial charge in [0.1, 0.15) is 5.52 Å². The zero-order valence-corrected chi connectivity index (χ0v) is 18.0. The molecular formula is C23H27F3N4O. The molecule has 0 amide bonds. The van der Waals surface area contributed by atoms with Crippen LogP contribution in [0.5, 0.6) is 0 Å². The average Bonchev–Trinajstić information content (AvgIpc) is 2.78. The molecule has 166 valence electrons. The Labute approximate surface area is 179 Å². The molecule has 0 bridgehead atoms. The van der Waals surface area contributed by atoms with E-state index in [-0.39, 0.29) is 23.6 Å². The van der Waals surface area contributed by atoms with E-state index in [0.29, 0.717) is 16.7 Å². The number of alkyl halides is 3. The Bertz CT molecular complexity index is 1100. The van der Waals surface area contributed by atoms with E-state index in [9.17, 15) is 18.0 Å². The largest absolute Gasteiger partial charge is 0.416 e. The first-order valence-corrected chi connectivity index (χ1v) is 10.6. The lowest BCUT2D eigenvalue weighted by Gasteiger charge is -2.25. The summed E-state index contributed by atoms with van der Waals surface area (Å²) in [6.07, 6.45) is 0.115. The summed E-state index contributed by atoms with van der Waals surface area (Å²) in [4.78, 5) is 22.1. The second-order valence-corrected chi connectivity index (χ2v) is 7.34. The zero-order chi connectivity index (χ0) is 22.6. The number of hydrogen-bond acceptors (Lipinski definition) is 4. The van der Waals surface area contributed by atoms with Crippen molar-refractivity contribution in [3.05, 3.63) is 69.3 Å². The van der Waals surface area contributed by atoms with E-state index >= 15 is 0 Å². The van der Waals surface area contributed by atoms with Gasteiger partial charge in [0.2, 0.25) is 0 Å². The number of hydrogen-bond donors (Lipinski definition) is 1. The van der Waals surface area contributed by atoms with Gasteiger partial charge in [0.05, 0.1) is 12.1 Å². The Morgan fingerprint density at radius 1 is 1.10 bits per heavy atom. The molecule has 31 heavy (non-hydrogen) atoms. The molecule has 5 nitrogen and oxygen atoms in total. The van der Waals surface area contributed by atoms with Gasteiger partial charge in [-0.3, -0.25) is 14.3 Å². The van der Waals surface area contributed by atoms with Crippen LogP contribution in [0.1, 0.15) is 54.9 Å². The summed E-state index contributed by atoms with van der Waals surface area (Å²) in [5.41, 5.74) is 1.30. The van der Waals surface area contributed by atoms with Crippen LogP contribution in [-0.2, 0) is 12.7 Å². The second kappa shape index (κ2) is 9.60. The van der Waals surface area contributed by atoms with Crippen LogP contribution in [0.3, 0.4) is 0 Å². The minimum absolute atomic E-state index is 0.0363. The van der Waals surface area contributed by atoms with Crippen molar-refractivity contribution in [3.8, 4) is 0 Å². The van der Waals surface area contributed by atoms with E-state index in [4.69, 9.17) is 0 Å². The molecule has 0 unspecified atom stereocenters. The highest BCUT2D eigenvalue weighted by Gasteiger charge is 2.33. The molecule has 1 aliphatic rings. The average molecular weight is 432 g/mol. The Morgan fingerprint density at radius 2 is 1.74 bits per heavy atom. The maximum atomic E-state index is 13.5. The number of nitrogens with one attached hydrogen (secondary N) is 1. The molecule has 8 heteroatoms. The van der Waals surface area contributed by atoms with Crippen molar-refractivity contribution in [1.82, 2.24) is 19.9 Å². The maximum Gasteiger partial charge on any atom is 0.416 e. The Kier molecular flexibility index (Phi) is 7.10. The Morgan fingerprint density at radius 3 is 2.42 bits per heavy atom. The molecule has 3 heterocycles. The van der Waals surface area contributed by atoms with Crippen molar-refractivity contribution in [2.45, 2.75) is 52.3 Å². The number of aryl methyl sites for hydroxylation is 1. The van der Waals surface area contributed by atoms with E-state index < -0.39 is 11.7 Å². The predicted octanol–water partition coefficient (Wildman–Crippen LogP) is 4.66. The number of halogens is 3. The first-order valence-electron chi connectivity index (χ1n) is 10.6. The maximum absolute atomic E-state index is 13.5. The number of piperidine rings is 1. The van der Waals surface area contributed by atoms with Gasteiger partial charge in [-0.05, 0) is 56.0 Å². The molecule has 0 aliphatic carbocycles. The molecular weight excluding hydrogens is 405 g/mol. The highest BCUT2D eigenvalue weighted by molar-refractivity contribution is 5.75. The number of aromatic nitrogens is 3. The highest BCUT2D eigenvalue weighted by atomic mass is 19.4. The summed E-state index contributed by atoms with van der Waals surface area (Å²) in [5, 5.41) is 3.28. The Hall–Kier alpha value is -2.74. The first-order chi connectivity index (χ1) is 14.9. The normalized spacial score (nSPS) is 14.9. The number of fused-ring (bicyclic) bond motifs is 1. The fraction of sp³-hybridized carbons (Fsp3) is 0.435. The van der Waals surface area contributed by atoms with Crippen molar-refractivity contribution >= 4 is 11.2 Å². The molecule has 4 rings (SSSR count). The summed E-state index contributed by atoms with van der Waals surface area (Å²) in [6, 6.07) is 5.34. The van der Waals surface area contributed by atoms with Gasteiger partial charge in [0.25, 0.3) is 5.56 Å². The molecule has 3 aromatic rings. The van der Waals surface area contributed by atoms with E-state index in [1.165, 1.54) is 22.9 Å². The molecule has 0 atom stereocenters. The molecule has 1 fully saturated rings. The fourth-order valence-corrected chi connectivity index (χ4v) is 4.17. The summed E-state index contributed by atoms with van der Waals surface area (Å²) in [6.45, 7) is 7.25. The highest BCUT2D eigenvalue weighted by Crippen LogP contribution is 2.33. The van der Waals surface area contributed by atoms with Gasteiger partial charge in [0.15, 0.2) is 5.65 Å². The minimum atomic E-state index is -4.50. The number of nitrogens with zero attached hydrogens (tertiary/aromatic N) is 3. The van der Waals surface area contributed by atoms with Crippen molar-refractivity contribution < 1.29 is 13.2 Å². The molecule has 0 radical (unpaired) electrons. The molecule has 1 saturated heterocycles. The lowest BCUT2D eigenvalue weighted by Crippen LogP contribution is -2.34. The molecule has 1 aromatic carbocycles. The van der Waals surface area contributed by atoms with Crippen molar-refractivity contribution in [2.24, 2.45) is 0 Å². The van der Waals surface area contributed by atoms with Crippen LogP contribution in [-0.4, -0.2) is 27.6 Å². The van der Waals surface area contributed by atoms with Crippen LogP contribution in [0.15, 0.2) is 41.5 Å². The van der Waals surface area contributed by atoms with Gasteiger partial charge in [0, 0.05) is 18.0 Å². The van der Waals surface area contributed by atoms with Gasteiger partial charge in [-0.25, -0.2) is 4.98 Å². The SMILES string of the molecule is CC.Cc1c(C2CCNCC2)c(=O)n(Cc2ccccc2C(F)(F)F)c2nccnc12. The fourth-order valence-electron chi connectivity index (χ4n) is 4.17. The molecule has 1 aliphatic heterocycles. The number of pyridine rings is 1. The summed E-state index contributed by atoms with van der Waals surface area (Å²) in [7, 11) is 0. The quantitative estimate of drug-likeness (QED) is 0.654. The molecule has 2 aromatic heterocycles. The van der Waals surface area contributed by atoms with Gasteiger partial charge < -0.3 is 5.32 Å². The molecule has 1 N–H and O–H groups in total. The van der Waals surface area contributed by atoms with Crippen LogP contribution in [0.4, 0.5) is 13.2 Å². The predicted molar refractivity (Wildman–Crippen MR) is 115 cm³/mol. The van der Waals surface area contributed by atoms with Crippen molar-refractivity contribution in [2.75, 3.05) is 13.1 Å². The van der Waals surface area contributed by atoms with Crippen molar-refractivity contribution in [1.29, 1.82) is 0 Å². The van der Waals surface area contributed by atoms with E-state index in [0.717, 1.165) is 37.6 Å². The van der Waals surface area contributed by atoms with Gasteiger partial charge >= 0.3 is 6.18 Å². The summed E-state index contributed by atoms with van der Waals surface area (Å²) in [5.74, 6) is 0.0549. The monoisotopic (exact) mass is 432 g/mol. The lowest BCUT2D eigenvalue weighted by molar-refractivity contribution is -0.138. The third-order valence-electron chi connectivity index (χ3n) is 5.57. The summed E-state index contributed by atoms with van der Waals surface area (Å²) >= 11 is 0. The van der Waals surface area contributed by atoms with Crippen LogP contribution >= 0.6 is 0 Å². The topological polar surface area (TPSA) is 59.8 Å². The molecule has 0 spiro atoms. The van der Waals surface area contributed by atoms with Crippen molar-refractivity contribution in [3.63, 3.8) is 0 Å². The number of rotatable bonds is 3. The lowest BCUT2D eigenvalue weighted by atomic mass is 9.88. The van der Waals surface area contributed by atoms with Crippen LogP contribution in [0.2, 0.25) is 0 Å². The second-order valence-electron chi connectivity index (χ2n) is 7.34. The first kappa shape index (κ1) is 22.9. The number of benzene rings is 1.